The fourth-order valence-corrected chi connectivity index (χ4v) is 4.37. The number of aromatic nitrogens is 1. The number of phenols is 1. The van der Waals surface area contributed by atoms with Gasteiger partial charge in [0.1, 0.15) is 11.4 Å². The molecular formula is C25H28BrN3O4. The molecule has 3 N–H and O–H groups in total. The number of hydrogen-bond acceptors (Lipinski definition) is 5. The number of ether oxygens (including phenoxy) is 1. The number of nitrogens with one attached hydrogen (secondary N) is 1. The summed E-state index contributed by atoms with van der Waals surface area (Å²) in [7, 11) is 0. The van der Waals surface area contributed by atoms with Crippen LogP contribution in [0.5, 0.6) is 11.6 Å². The first kappa shape index (κ1) is 23.2. The van der Waals surface area contributed by atoms with Crippen LogP contribution in [0.1, 0.15) is 44.7 Å². The Hall–Kier alpha value is -3.00. The molecule has 1 aliphatic heterocycles. The topological polar surface area (TPSA) is 98.2 Å². The van der Waals surface area contributed by atoms with Crippen LogP contribution >= 0.6 is 15.9 Å². The van der Waals surface area contributed by atoms with Crippen molar-refractivity contribution in [1.82, 2.24) is 9.88 Å². The number of halogens is 1. The summed E-state index contributed by atoms with van der Waals surface area (Å²) in [6.07, 6.45) is 1.04. The van der Waals surface area contributed by atoms with Gasteiger partial charge in [-0.1, -0.05) is 28.1 Å². The summed E-state index contributed by atoms with van der Waals surface area (Å²) in [5, 5.41) is 21.7. The van der Waals surface area contributed by atoms with E-state index in [1.165, 1.54) is 0 Å². The molecule has 4 rings (SSSR count). The summed E-state index contributed by atoms with van der Waals surface area (Å²) in [5.41, 5.74) is 2.16. The third-order valence-corrected chi connectivity index (χ3v) is 6.02. The molecule has 174 valence electrons. The third kappa shape index (κ3) is 5.33. The first-order valence-corrected chi connectivity index (χ1v) is 11.8. The fraction of sp³-hybridized carbons (Fsp3) is 0.360. The van der Waals surface area contributed by atoms with Crippen LogP contribution < -0.4 is 0 Å². The first-order chi connectivity index (χ1) is 15.6. The molecule has 0 bridgehead atoms. The van der Waals surface area contributed by atoms with E-state index in [1.807, 2.05) is 45.0 Å². The van der Waals surface area contributed by atoms with Gasteiger partial charge >= 0.3 is 6.09 Å². The summed E-state index contributed by atoms with van der Waals surface area (Å²) in [6, 6.07) is 12.6. The largest absolute Gasteiger partial charge is 0.508 e. The standard InChI is InChI=1S/C25H28BrN3O4/c1-25(2,3)33-24(32)29-11-9-17(10-12-29)27-22(15-5-4-6-18(30)13-15)21-19-14-16(26)7-8-20(19)28-23(21)31/h4-8,13-14,17,28,30-31H,9-12H2,1-3H3. The number of carbonyl (C=O) groups is 1. The molecule has 2 heterocycles. The highest BCUT2D eigenvalue weighted by molar-refractivity contribution is 9.10. The maximum atomic E-state index is 12.4. The van der Waals surface area contributed by atoms with Crippen LogP contribution in [-0.4, -0.2) is 56.6 Å². The van der Waals surface area contributed by atoms with E-state index in [-0.39, 0.29) is 23.8 Å². The van der Waals surface area contributed by atoms with Gasteiger partial charge in [-0.15, -0.1) is 0 Å². The van der Waals surface area contributed by atoms with Gasteiger partial charge in [0.05, 0.1) is 17.3 Å². The van der Waals surface area contributed by atoms with Gasteiger partial charge in [-0.3, -0.25) is 4.99 Å². The monoisotopic (exact) mass is 513 g/mol. The summed E-state index contributed by atoms with van der Waals surface area (Å²) in [4.78, 5) is 22.2. The second kappa shape index (κ2) is 9.09. The smallest absolute Gasteiger partial charge is 0.410 e. The molecule has 2 aromatic carbocycles. The minimum Gasteiger partial charge on any atom is -0.508 e. The molecule has 0 spiro atoms. The first-order valence-electron chi connectivity index (χ1n) is 11.0. The minimum atomic E-state index is -0.532. The predicted octanol–water partition coefficient (Wildman–Crippen LogP) is 5.58. The lowest BCUT2D eigenvalue weighted by molar-refractivity contribution is 0.0207. The van der Waals surface area contributed by atoms with Crippen molar-refractivity contribution in [2.75, 3.05) is 13.1 Å². The zero-order chi connectivity index (χ0) is 23.8. The van der Waals surface area contributed by atoms with Crippen molar-refractivity contribution >= 4 is 38.6 Å². The Labute approximate surface area is 201 Å². The maximum Gasteiger partial charge on any atom is 0.410 e. The number of piperidine rings is 1. The highest BCUT2D eigenvalue weighted by Crippen LogP contribution is 2.33. The van der Waals surface area contributed by atoms with Crippen molar-refractivity contribution < 1.29 is 19.7 Å². The maximum absolute atomic E-state index is 12.4. The number of hydrogen-bond donors (Lipinski definition) is 3. The number of fused-ring (bicyclic) bond motifs is 1. The molecule has 1 aromatic heterocycles. The molecule has 0 unspecified atom stereocenters. The van der Waals surface area contributed by atoms with Crippen LogP contribution in [0.4, 0.5) is 4.79 Å². The van der Waals surface area contributed by atoms with E-state index >= 15 is 0 Å². The summed E-state index contributed by atoms with van der Waals surface area (Å²) in [5.74, 6) is 0.150. The Morgan fingerprint density at radius 1 is 1.15 bits per heavy atom. The molecule has 1 saturated heterocycles. The molecule has 8 heteroatoms. The van der Waals surface area contributed by atoms with Crippen molar-refractivity contribution in [2.45, 2.75) is 45.3 Å². The van der Waals surface area contributed by atoms with E-state index < -0.39 is 5.60 Å². The zero-order valence-corrected chi connectivity index (χ0v) is 20.5. The van der Waals surface area contributed by atoms with Crippen LogP contribution in [0.2, 0.25) is 0 Å². The average molecular weight is 514 g/mol. The zero-order valence-electron chi connectivity index (χ0n) is 18.9. The highest BCUT2D eigenvalue weighted by atomic mass is 79.9. The number of carbonyl (C=O) groups excluding carboxylic acids is 1. The third-order valence-electron chi connectivity index (χ3n) is 5.53. The number of likely N-dealkylation sites (tertiary alicyclic amines) is 1. The predicted molar refractivity (Wildman–Crippen MR) is 132 cm³/mol. The molecule has 7 nitrogen and oxygen atoms in total. The molecule has 33 heavy (non-hydrogen) atoms. The number of phenolic OH excluding ortho intramolecular Hbond substituents is 1. The van der Waals surface area contributed by atoms with Gasteiger partial charge in [-0.05, 0) is 63.9 Å². The van der Waals surface area contributed by atoms with Crippen LogP contribution in [0, 0.1) is 0 Å². The molecule has 0 atom stereocenters. The SMILES string of the molecule is CC(C)(C)OC(=O)N1CCC(N=C(c2cccc(O)c2)c2c(O)[nH]c3ccc(Br)cc23)CC1. The number of rotatable bonds is 3. The molecule has 1 amide bonds. The summed E-state index contributed by atoms with van der Waals surface area (Å²) < 4.78 is 6.38. The highest BCUT2D eigenvalue weighted by Gasteiger charge is 2.28. The van der Waals surface area contributed by atoms with E-state index in [0.29, 0.717) is 42.8 Å². The Morgan fingerprint density at radius 2 is 1.88 bits per heavy atom. The molecule has 0 radical (unpaired) electrons. The molecule has 1 aliphatic rings. The van der Waals surface area contributed by atoms with Crippen molar-refractivity contribution in [3.8, 4) is 11.6 Å². The van der Waals surface area contributed by atoms with E-state index in [1.54, 1.807) is 23.1 Å². The molecule has 0 aliphatic carbocycles. The normalized spacial score (nSPS) is 15.8. The van der Waals surface area contributed by atoms with Gasteiger partial charge in [0.15, 0.2) is 5.88 Å². The van der Waals surface area contributed by atoms with Gasteiger partial charge in [0, 0.05) is 34.0 Å². The lowest BCUT2D eigenvalue weighted by atomic mass is 9.99. The fourth-order valence-electron chi connectivity index (χ4n) is 4.01. The Kier molecular flexibility index (Phi) is 6.38. The number of aromatic amines is 1. The van der Waals surface area contributed by atoms with Crippen molar-refractivity contribution in [1.29, 1.82) is 0 Å². The van der Waals surface area contributed by atoms with E-state index in [4.69, 9.17) is 9.73 Å². The number of aliphatic imine (C=N–C) groups is 1. The second-order valence-corrected chi connectivity index (χ2v) is 10.2. The number of amides is 1. The second-order valence-electron chi connectivity index (χ2n) is 9.27. The number of aromatic hydroxyl groups is 2. The van der Waals surface area contributed by atoms with Crippen LogP contribution in [0.25, 0.3) is 10.9 Å². The lowest BCUT2D eigenvalue weighted by Crippen LogP contribution is -2.42. The quantitative estimate of drug-likeness (QED) is 0.398. The van der Waals surface area contributed by atoms with Crippen molar-refractivity contribution in [2.24, 2.45) is 4.99 Å². The Bertz CT molecular complexity index is 1200. The van der Waals surface area contributed by atoms with Crippen LogP contribution in [-0.2, 0) is 4.74 Å². The summed E-state index contributed by atoms with van der Waals surface area (Å²) >= 11 is 3.51. The number of benzene rings is 2. The van der Waals surface area contributed by atoms with Crippen molar-refractivity contribution in [3.63, 3.8) is 0 Å². The van der Waals surface area contributed by atoms with Gasteiger partial charge < -0.3 is 24.8 Å². The number of H-pyrrole nitrogens is 1. The van der Waals surface area contributed by atoms with E-state index in [2.05, 4.69) is 20.9 Å². The Balaban J connectivity index is 1.68. The van der Waals surface area contributed by atoms with Gasteiger partial charge in [0.25, 0.3) is 0 Å². The van der Waals surface area contributed by atoms with Crippen molar-refractivity contribution in [3.05, 3.63) is 58.1 Å². The van der Waals surface area contributed by atoms with Crippen LogP contribution in [0.3, 0.4) is 0 Å². The van der Waals surface area contributed by atoms with Gasteiger partial charge in [-0.2, -0.15) is 0 Å². The van der Waals surface area contributed by atoms with Gasteiger partial charge in [-0.25, -0.2) is 4.79 Å². The summed E-state index contributed by atoms with van der Waals surface area (Å²) in [6.45, 7) is 6.66. The van der Waals surface area contributed by atoms with Gasteiger partial charge in [0.2, 0.25) is 0 Å². The molecule has 1 fully saturated rings. The average Bonchev–Trinajstić information content (AvgIpc) is 3.06. The van der Waals surface area contributed by atoms with Crippen LogP contribution in [0.15, 0.2) is 51.9 Å². The minimum absolute atomic E-state index is 0.0244. The molecule has 0 saturated carbocycles. The number of nitrogens with zero attached hydrogens (tertiary/aromatic N) is 2. The van der Waals surface area contributed by atoms with E-state index in [9.17, 15) is 15.0 Å². The molecular weight excluding hydrogens is 486 g/mol. The lowest BCUT2D eigenvalue weighted by Gasteiger charge is -2.32. The Morgan fingerprint density at radius 3 is 2.55 bits per heavy atom. The molecule has 3 aromatic rings. The van der Waals surface area contributed by atoms with E-state index in [0.717, 1.165) is 15.4 Å².